The summed E-state index contributed by atoms with van der Waals surface area (Å²) in [5, 5.41) is 1.94. The fourth-order valence-electron chi connectivity index (χ4n) is 4.33. The number of aromatic nitrogens is 2. The zero-order valence-electron chi connectivity index (χ0n) is 16.9. The molecule has 6 heteroatoms. The molecule has 2 aromatic heterocycles. The predicted octanol–water partition coefficient (Wildman–Crippen LogP) is 5.06. The van der Waals surface area contributed by atoms with Crippen molar-refractivity contribution in [2.45, 2.75) is 31.9 Å². The third-order valence-corrected chi connectivity index (χ3v) is 6.19. The summed E-state index contributed by atoms with van der Waals surface area (Å²) in [7, 11) is 0. The Balaban J connectivity index is 1.27. The third-order valence-electron chi connectivity index (χ3n) is 5.96. The Hall–Kier alpha value is -2.34. The Morgan fingerprint density at radius 1 is 1.30 bits per heavy atom. The highest BCUT2D eigenvalue weighted by molar-refractivity contribution is 6.30. The molecule has 0 bridgehead atoms. The van der Waals surface area contributed by atoms with Gasteiger partial charge in [-0.25, -0.2) is 4.98 Å². The molecule has 2 aliphatic heterocycles. The molecule has 2 aliphatic rings. The maximum Gasteiger partial charge on any atom is 0.137 e. The lowest BCUT2D eigenvalue weighted by atomic mass is 9.99. The van der Waals surface area contributed by atoms with E-state index in [0.717, 1.165) is 67.5 Å². The summed E-state index contributed by atoms with van der Waals surface area (Å²) in [6.07, 6.45) is 9.64. The molecule has 4 heterocycles. The fourth-order valence-corrected chi connectivity index (χ4v) is 4.53. The lowest BCUT2D eigenvalue weighted by Crippen LogP contribution is -2.28. The van der Waals surface area contributed by atoms with Crippen molar-refractivity contribution in [1.82, 2.24) is 14.9 Å². The predicted molar refractivity (Wildman–Crippen MR) is 120 cm³/mol. The average Bonchev–Trinajstić information content (AvgIpc) is 3.44. The molecule has 30 heavy (non-hydrogen) atoms. The first-order chi connectivity index (χ1) is 14.8. The second-order valence-corrected chi connectivity index (χ2v) is 8.45. The summed E-state index contributed by atoms with van der Waals surface area (Å²) >= 11 is 6.29. The second-order valence-electron chi connectivity index (χ2n) is 8.01. The summed E-state index contributed by atoms with van der Waals surface area (Å²) in [6.45, 7) is 4.17. The van der Waals surface area contributed by atoms with Crippen LogP contribution in [-0.4, -0.2) is 47.3 Å². The van der Waals surface area contributed by atoms with Crippen molar-refractivity contribution < 1.29 is 9.47 Å². The number of H-pyrrole nitrogens is 1. The number of fused-ring (bicyclic) bond motifs is 1. The average molecular weight is 424 g/mol. The molecule has 0 saturated carbocycles. The number of hydrogen-bond donors (Lipinski definition) is 1. The van der Waals surface area contributed by atoms with E-state index in [-0.39, 0.29) is 6.10 Å². The standard InChI is InChI=1S/C24H26ClN3O2/c25-19-5-6-23(30-16-20-3-2-12-29-20)18(13-19)15-28-10-7-17(8-11-28)22-14-27-24-21(22)4-1-9-26-24/h1,4-7,9,13-14,20H,2-3,8,10-12,15-16H2,(H,26,27). The van der Waals surface area contributed by atoms with Gasteiger partial charge in [0.15, 0.2) is 0 Å². The van der Waals surface area contributed by atoms with Crippen molar-refractivity contribution >= 4 is 28.2 Å². The van der Waals surface area contributed by atoms with E-state index in [1.807, 2.05) is 30.5 Å². The number of nitrogens with one attached hydrogen (secondary N) is 1. The van der Waals surface area contributed by atoms with Gasteiger partial charge in [-0.05, 0) is 55.2 Å². The van der Waals surface area contributed by atoms with Gasteiger partial charge in [0.25, 0.3) is 0 Å². The van der Waals surface area contributed by atoms with Crippen LogP contribution in [0.5, 0.6) is 5.75 Å². The minimum atomic E-state index is 0.208. The van der Waals surface area contributed by atoms with Gasteiger partial charge in [0.05, 0.1) is 6.10 Å². The van der Waals surface area contributed by atoms with Crippen molar-refractivity contribution in [3.05, 3.63) is 65.0 Å². The Morgan fingerprint density at radius 2 is 2.27 bits per heavy atom. The van der Waals surface area contributed by atoms with Crippen molar-refractivity contribution in [3.8, 4) is 5.75 Å². The first kappa shape index (κ1) is 19.6. The number of aromatic amines is 1. The van der Waals surface area contributed by atoms with Gasteiger partial charge in [0.2, 0.25) is 0 Å². The topological polar surface area (TPSA) is 50.4 Å². The van der Waals surface area contributed by atoms with E-state index in [4.69, 9.17) is 21.1 Å². The summed E-state index contributed by atoms with van der Waals surface area (Å²) in [5.74, 6) is 0.910. The third kappa shape index (κ3) is 4.24. The minimum Gasteiger partial charge on any atom is -0.491 e. The molecule has 5 rings (SSSR count). The molecule has 5 nitrogen and oxygen atoms in total. The van der Waals surface area contributed by atoms with Crippen LogP contribution in [0.2, 0.25) is 5.02 Å². The van der Waals surface area contributed by atoms with Crippen LogP contribution < -0.4 is 4.74 Å². The molecular formula is C24H26ClN3O2. The van der Waals surface area contributed by atoms with Crippen LogP contribution in [0.4, 0.5) is 0 Å². The fraction of sp³-hybridized carbons (Fsp3) is 0.375. The Labute approximate surface area is 181 Å². The van der Waals surface area contributed by atoms with Crippen LogP contribution in [0.15, 0.2) is 48.8 Å². The van der Waals surface area contributed by atoms with Gasteiger partial charge in [-0.1, -0.05) is 17.7 Å². The number of pyridine rings is 1. The van der Waals surface area contributed by atoms with E-state index in [1.54, 1.807) is 0 Å². The Bertz CT molecular complexity index is 1060. The molecule has 0 aliphatic carbocycles. The Kier molecular flexibility index (Phi) is 5.75. The monoisotopic (exact) mass is 423 g/mol. The van der Waals surface area contributed by atoms with Crippen LogP contribution in [0.25, 0.3) is 16.6 Å². The Morgan fingerprint density at radius 3 is 3.10 bits per heavy atom. The van der Waals surface area contributed by atoms with Crippen molar-refractivity contribution in [3.63, 3.8) is 0 Å². The molecule has 1 N–H and O–H groups in total. The van der Waals surface area contributed by atoms with Crippen LogP contribution >= 0.6 is 11.6 Å². The first-order valence-corrected chi connectivity index (χ1v) is 11.0. The van der Waals surface area contributed by atoms with Gasteiger partial charge >= 0.3 is 0 Å². The van der Waals surface area contributed by atoms with Crippen molar-refractivity contribution in [2.24, 2.45) is 0 Å². The summed E-state index contributed by atoms with van der Waals surface area (Å²) < 4.78 is 11.8. The van der Waals surface area contributed by atoms with Crippen molar-refractivity contribution in [2.75, 3.05) is 26.3 Å². The summed E-state index contributed by atoms with van der Waals surface area (Å²) in [4.78, 5) is 10.1. The van der Waals surface area contributed by atoms with Gasteiger partial charge in [0, 0.05) is 60.2 Å². The molecule has 1 atom stereocenters. The van der Waals surface area contributed by atoms with Crippen molar-refractivity contribution in [1.29, 1.82) is 0 Å². The van der Waals surface area contributed by atoms with E-state index in [9.17, 15) is 0 Å². The molecule has 1 aromatic carbocycles. The highest BCUT2D eigenvalue weighted by Crippen LogP contribution is 2.30. The molecule has 3 aromatic rings. The normalized spacial score (nSPS) is 19.9. The lowest BCUT2D eigenvalue weighted by molar-refractivity contribution is 0.0673. The molecule has 0 radical (unpaired) electrons. The maximum absolute atomic E-state index is 6.29. The van der Waals surface area contributed by atoms with Crippen LogP contribution in [0.3, 0.4) is 0 Å². The number of benzene rings is 1. The highest BCUT2D eigenvalue weighted by atomic mass is 35.5. The molecule has 1 unspecified atom stereocenters. The van der Waals surface area contributed by atoms with E-state index in [2.05, 4.69) is 33.2 Å². The first-order valence-electron chi connectivity index (χ1n) is 10.6. The zero-order chi connectivity index (χ0) is 20.3. The number of rotatable bonds is 6. The summed E-state index contributed by atoms with van der Waals surface area (Å²) in [6, 6.07) is 10.0. The number of hydrogen-bond acceptors (Lipinski definition) is 4. The van der Waals surface area contributed by atoms with E-state index >= 15 is 0 Å². The second kappa shape index (κ2) is 8.80. The SMILES string of the molecule is Clc1ccc(OCC2CCCO2)c(CN2CC=C(c3c[nH]c4ncccc34)CC2)c1. The molecule has 1 saturated heterocycles. The molecule has 0 amide bonds. The summed E-state index contributed by atoms with van der Waals surface area (Å²) in [5.41, 5.74) is 4.73. The molecule has 1 fully saturated rings. The minimum absolute atomic E-state index is 0.208. The van der Waals surface area contributed by atoms with E-state index < -0.39 is 0 Å². The largest absolute Gasteiger partial charge is 0.491 e. The van der Waals surface area contributed by atoms with Crippen LogP contribution in [0.1, 0.15) is 30.4 Å². The number of halogens is 1. The lowest BCUT2D eigenvalue weighted by Gasteiger charge is -2.27. The quantitative estimate of drug-likeness (QED) is 0.601. The van der Waals surface area contributed by atoms with Gasteiger partial charge in [-0.2, -0.15) is 0 Å². The van der Waals surface area contributed by atoms with Gasteiger partial charge in [0.1, 0.15) is 18.0 Å². The molecular weight excluding hydrogens is 398 g/mol. The number of ether oxygens (including phenoxy) is 2. The highest BCUT2D eigenvalue weighted by Gasteiger charge is 2.19. The van der Waals surface area contributed by atoms with Crippen LogP contribution in [-0.2, 0) is 11.3 Å². The smallest absolute Gasteiger partial charge is 0.137 e. The maximum atomic E-state index is 6.29. The molecule has 0 spiro atoms. The zero-order valence-corrected chi connectivity index (χ0v) is 17.7. The number of nitrogens with zero attached hydrogens (tertiary/aromatic N) is 2. The van der Waals surface area contributed by atoms with E-state index in [0.29, 0.717) is 6.61 Å². The van der Waals surface area contributed by atoms with E-state index in [1.165, 1.54) is 16.5 Å². The molecule has 156 valence electrons. The van der Waals surface area contributed by atoms with Gasteiger partial charge in [-0.15, -0.1) is 0 Å². The van der Waals surface area contributed by atoms with Gasteiger partial charge in [-0.3, -0.25) is 4.90 Å². The van der Waals surface area contributed by atoms with Crippen LogP contribution in [0, 0.1) is 0 Å². The van der Waals surface area contributed by atoms with Gasteiger partial charge < -0.3 is 14.5 Å².